The summed E-state index contributed by atoms with van der Waals surface area (Å²) >= 11 is 6.39. The Kier molecular flexibility index (Phi) is 4.29. The fourth-order valence-electron chi connectivity index (χ4n) is 2.42. The van der Waals surface area contributed by atoms with Gasteiger partial charge in [0, 0.05) is 10.9 Å². The molecule has 0 fully saturated rings. The average molecular weight is 442 g/mol. The molecule has 1 aromatic heterocycles. The van der Waals surface area contributed by atoms with Crippen LogP contribution in [-0.2, 0) is 0 Å². The standard InChI is InChI=1S/C17H11Br2FO3/c1-8(20)17-14(10-4-2-3-5-13(10)23-17)15(21)9-6-11(18)16(22)12(19)7-9/h2-8,22H,1H3. The van der Waals surface area contributed by atoms with E-state index in [1.165, 1.54) is 19.1 Å². The number of phenolic OH excluding ortho intramolecular Hbond substituents is 1. The Balaban J connectivity index is 2.23. The van der Waals surface area contributed by atoms with Gasteiger partial charge in [0.1, 0.15) is 17.1 Å². The van der Waals surface area contributed by atoms with Crippen LogP contribution in [0.15, 0.2) is 49.8 Å². The van der Waals surface area contributed by atoms with Crippen LogP contribution in [0.1, 0.15) is 34.8 Å². The molecule has 3 nitrogen and oxygen atoms in total. The Morgan fingerprint density at radius 3 is 2.43 bits per heavy atom. The lowest BCUT2D eigenvalue weighted by Gasteiger charge is -2.07. The van der Waals surface area contributed by atoms with Gasteiger partial charge in [-0.2, -0.15) is 0 Å². The van der Waals surface area contributed by atoms with E-state index in [4.69, 9.17) is 4.42 Å². The maximum atomic E-state index is 13.9. The minimum absolute atomic E-state index is 0.00214. The maximum absolute atomic E-state index is 13.9. The third kappa shape index (κ3) is 2.81. The van der Waals surface area contributed by atoms with Gasteiger partial charge in [-0.25, -0.2) is 4.39 Å². The number of hydrogen-bond donors (Lipinski definition) is 1. The number of furan rings is 1. The maximum Gasteiger partial charge on any atom is 0.197 e. The highest BCUT2D eigenvalue weighted by Gasteiger charge is 2.26. The zero-order chi connectivity index (χ0) is 16.7. The molecular formula is C17H11Br2FO3. The second-order valence-corrected chi connectivity index (χ2v) is 6.78. The summed E-state index contributed by atoms with van der Waals surface area (Å²) in [4.78, 5) is 12.9. The lowest BCUT2D eigenvalue weighted by molar-refractivity contribution is 0.103. The Bertz CT molecular complexity index is 892. The van der Waals surface area contributed by atoms with Gasteiger partial charge < -0.3 is 9.52 Å². The molecule has 0 aliphatic rings. The predicted molar refractivity (Wildman–Crippen MR) is 92.7 cm³/mol. The van der Waals surface area contributed by atoms with E-state index in [9.17, 15) is 14.3 Å². The first-order valence-corrected chi connectivity index (χ1v) is 8.37. The molecule has 1 heterocycles. The molecule has 1 unspecified atom stereocenters. The Labute approximate surface area is 148 Å². The van der Waals surface area contributed by atoms with Gasteiger partial charge in [-0.1, -0.05) is 18.2 Å². The van der Waals surface area contributed by atoms with Crippen molar-refractivity contribution in [3.05, 3.63) is 62.2 Å². The van der Waals surface area contributed by atoms with Gasteiger partial charge in [-0.3, -0.25) is 4.79 Å². The zero-order valence-corrected chi connectivity index (χ0v) is 15.1. The molecule has 1 atom stereocenters. The smallest absolute Gasteiger partial charge is 0.197 e. The van der Waals surface area contributed by atoms with E-state index in [0.717, 1.165) is 0 Å². The molecule has 118 valence electrons. The van der Waals surface area contributed by atoms with E-state index in [1.807, 2.05) is 0 Å². The molecule has 0 bridgehead atoms. The lowest BCUT2D eigenvalue weighted by Crippen LogP contribution is -2.04. The van der Waals surface area contributed by atoms with Crippen molar-refractivity contribution in [2.24, 2.45) is 0 Å². The van der Waals surface area contributed by atoms with Gasteiger partial charge in [-0.15, -0.1) is 0 Å². The number of halogens is 3. The molecule has 3 aromatic rings. The van der Waals surface area contributed by atoms with E-state index in [1.54, 1.807) is 24.3 Å². The molecule has 0 saturated heterocycles. The van der Waals surface area contributed by atoms with Gasteiger partial charge >= 0.3 is 0 Å². The molecule has 0 saturated carbocycles. The van der Waals surface area contributed by atoms with Gasteiger partial charge in [0.15, 0.2) is 12.0 Å². The first-order valence-electron chi connectivity index (χ1n) is 6.78. The number of aromatic hydroxyl groups is 1. The second kappa shape index (κ2) is 6.09. The van der Waals surface area contributed by atoms with Crippen molar-refractivity contribution in [3.63, 3.8) is 0 Å². The molecule has 1 N–H and O–H groups in total. The van der Waals surface area contributed by atoms with Gasteiger partial charge in [0.2, 0.25) is 0 Å². The van der Waals surface area contributed by atoms with E-state index in [0.29, 0.717) is 25.5 Å². The van der Waals surface area contributed by atoms with Crippen LogP contribution in [0, 0.1) is 0 Å². The van der Waals surface area contributed by atoms with Crippen LogP contribution < -0.4 is 0 Å². The zero-order valence-electron chi connectivity index (χ0n) is 11.9. The predicted octanol–water partition coefficient (Wildman–Crippen LogP) is 5.92. The number of para-hydroxylation sites is 1. The van der Waals surface area contributed by atoms with Crippen molar-refractivity contribution >= 4 is 48.6 Å². The van der Waals surface area contributed by atoms with E-state index in [-0.39, 0.29) is 22.9 Å². The average Bonchev–Trinajstić information content (AvgIpc) is 2.91. The molecule has 0 radical (unpaired) electrons. The largest absolute Gasteiger partial charge is 0.506 e. The molecule has 6 heteroatoms. The number of rotatable bonds is 3. The Morgan fingerprint density at radius 2 is 1.83 bits per heavy atom. The fourth-order valence-corrected chi connectivity index (χ4v) is 3.61. The molecule has 0 aliphatic carbocycles. The Hall–Kier alpha value is -1.66. The highest BCUT2D eigenvalue weighted by Crippen LogP contribution is 2.37. The molecular weight excluding hydrogens is 431 g/mol. The summed E-state index contributed by atoms with van der Waals surface area (Å²) in [5, 5.41) is 10.3. The van der Waals surface area contributed by atoms with E-state index < -0.39 is 6.17 Å². The van der Waals surface area contributed by atoms with Crippen molar-refractivity contribution in [2.75, 3.05) is 0 Å². The minimum Gasteiger partial charge on any atom is -0.506 e. The normalized spacial score (nSPS) is 12.5. The number of fused-ring (bicyclic) bond motifs is 1. The van der Waals surface area contributed by atoms with Crippen LogP contribution in [0.25, 0.3) is 11.0 Å². The van der Waals surface area contributed by atoms with Crippen molar-refractivity contribution in [2.45, 2.75) is 13.1 Å². The number of phenols is 1. The summed E-state index contributed by atoms with van der Waals surface area (Å²) in [7, 11) is 0. The van der Waals surface area contributed by atoms with Gasteiger partial charge in [0.25, 0.3) is 0 Å². The summed E-state index contributed by atoms with van der Waals surface area (Å²) in [6.45, 7) is 1.33. The van der Waals surface area contributed by atoms with Crippen molar-refractivity contribution in [3.8, 4) is 5.75 Å². The molecule has 2 aromatic carbocycles. The van der Waals surface area contributed by atoms with Gasteiger partial charge in [0.05, 0.1) is 14.5 Å². The van der Waals surface area contributed by atoms with Crippen LogP contribution in [-0.4, -0.2) is 10.9 Å². The SMILES string of the molecule is CC(F)c1oc2ccccc2c1C(=O)c1cc(Br)c(O)c(Br)c1. The number of benzene rings is 2. The van der Waals surface area contributed by atoms with Gasteiger partial charge in [-0.05, 0) is 57.0 Å². The quantitative estimate of drug-likeness (QED) is 0.513. The summed E-state index contributed by atoms with van der Waals surface area (Å²) in [6.07, 6.45) is -1.41. The first kappa shape index (κ1) is 16.2. The third-order valence-electron chi connectivity index (χ3n) is 3.49. The molecule has 23 heavy (non-hydrogen) atoms. The van der Waals surface area contributed by atoms with E-state index in [2.05, 4.69) is 31.9 Å². The number of carbonyl (C=O) groups is 1. The second-order valence-electron chi connectivity index (χ2n) is 5.07. The van der Waals surface area contributed by atoms with Crippen LogP contribution in [0.3, 0.4) is 0 Å². The van der Waals surface area contributed by atoms with Crippen LogP contribution >= 0.6 is 31.9 Å². The monoisotopic (exact) mass is 440 g/mol. The third-order valence-corrected chi connectivity index (χ3v) is 4.70. The number of ketones is 1. The number of hydrogen-bond acceptors (Lipinski definition) is 3. The summed E-state index contributed by atoms with van der Waals surface area (Å²) in [5.41, 5.74) is 0.988. The van der Waals surface area contributed by atoms with Crippen LogP contribution in [0.5, 0.6) is 5.75 Å². The summed E-state index contributed by atoms with van der Waals surface area (Å²) in [6, 6.07) is 9.95. The van der Waals surface area contributed by atoms with Crippen molar-refractivity contribution in [1.29, 1.82) is 0 Å². The highest BCUT2D eigenvalue weighted by molar-refractivity contribution is 9.11. The van der Waals surface area contributed by atoms with Crippen LogP contribution in [0.2, 0.25) is 0 Å². The highest BCUT2D eigenvalue weighted by atomic mass is 79.9. The van der Waals surface area contributed by atoms with Crippen molar-refractivity contribution < 1.29 is 18.7 Å². The summed E-state index contributed by atoms with van der Waals surface area (Å²) < 4.78 is 20.2. The van der Waals surface area contributed by atoms with Crippen molar-refractivity contribution in [1.82, 2.24) is 0 Å². The first-order chi connectivity index (χ1) is 10.9. The Morgan fingerprint density at radius 1 is 1.22 bits per heavy atom. The van der Waals surface area contributed by atoms with E-state index >= 15 is 0 Å². The molecule has 0 spiro atoms. The number of alkyl halides is 1. The topological polar surface area (TPSA) is 50.4 Å². The van der Waals surface area contributed by atoms with Crippen LogP contribution in [0.4, 0.5) is 4.39 Å². The summed E-state index contributed by atoms with van der Waals surface area (Å²) in [5.74, 6) is -0.356. The lowest BCUT2D eigenvalue weighted by atomic mass is 9.99. The molecule has 0 aliphatic heterocycles. The number of carbonyl (C=O) groups excluding carboxylic acids is 1. The molecule has 0 amide bonds. The minimum atomic E-state index is -1.41. The molecule has 3 rings (SSSR count). The fraction of sp³-hybridized carbons (Fsp3) is 0.118.